The second-order valence-corrected chi connectivity index (χ2v) is 6.58. The van der Waals surface area contributed by atoms with Crippen molar-refractivity contribution in [3.8, 4) is 5.69 Å². The summed E-state index contributed by atoms with van der Waals surface area (Å²) in [4.78, 5) is 28.3. The molecule has 1 fully saturated rings. The molecule has 0 unspecified atom stereocenters. The van der Waals surface area contributed by atoms with Gasteiger partial charge in [0.05, 0.1) is 29.7 Å². The highest BCUT2D eigenvalue weighted by molar-refractivity contribution is 5.95. The summed E-state index contributed by atoms with van der Waals surface area (Å²) >= 11 is 0. The summed E-state index contributed by atoms with van der Waals surface area (Å²) in [5.41, 5.74) is 3.66. The Hall–Kier alpha value is -2.83. The van der Waals surface area contributed by atoms with Crippen LogP contribution in [0.15, 0.2) is 30.5 Å². The van der Waals surface area contributed by atoms with Crippen LogP contribution in [-0.2, 0) is 11.2 Å². The maximum absolute atomic E-state index is 13.0. The minimum atomic E-state index is -0.314. The van der Waals surface area contributed by atoms with Gasteiger partial charge in [0.15, 0.2) is 0 Å². The van der Waals surface area contributed by atoms with Gasteiger partial charge < -0.3 is 14.5 Å². The normalized spacial score (nSPS) is 14.3. The predicted octanol–water partition coefficient (Wildman–Crippen LogP) is 2.66. The number of ether oxygens (including phenoxy) is 1. The molecule has 1 aliphatic rings. The van der Waals surface area contributed by atoms with Crippen molar-refractivity contribution in [1.82, 2.24) is 19.6 Å². The summed E-state index contributed by atoms with van der Waals surface area (Å²) in [6.45, 7) is 8.17. The molecule has 1 aromatic carbocycles. The summed E-state index contributed by atoms with van der Waals surface area (Å²) in [6, 6.07) is 8.08. The van der Waals surface area contributed by atoms with Gasteiger partial charge in [-0.2, -0.15) is 5.10 Å². The quantitative estimate of drug-likeness (QED) is 0.830. The van der Waals surface area contributed by atoms with Crippen molar-refractivity contribution in [1.29, 1.82) is 0 Å². The minimum absolute atomic E-state index is 0.0336. The van der Waals surface area contributed by atoms with Crippen LogP contribution in [0, 0.1) is 6.92 Å². The highest BCUT2D eigenvalue weighted by atomic mass is 16.6. The zero-order chi connectivity index (χ0) is 19.4. The maximum atomic E-state index is 13.0. The molecule has 0 bridgehead atoms. The largest absolute Gasteiger partial charge is 0.450 e. The number of carbonyl (C=O) groups excluding carboxylic acids is 2. The van der Waals surface area contributed by atoms with E-state index in [1.54, 1.807) is 22.9 Å². The van der Waals surface area contributed by atoms with E-state index in [-0.39, 0.29) is 12.0 Å². The molecular formula is C20H26N4O3. The lowest BCUT2D eigenvalue weighted by molar-refractivity contribution is 0.0569. The third-order valence-corrected chi connectivity index (χ3v) is 4.81. The van der Waals surface area contributed by atoms with Crippen molar-refractivity contribution in [2.24, 2.45) is 0 Å². The van der Waals surface area contributed by atoms with Crippen LogP contribution in [0.3, 0.4) is 0 Å². The molecule has 0 radical (unpaired) electrons. The summed E-state index contributed by atoms with van der Waals surface area (Å²) < 4.78 is 6.86. The number of amides is 2. The fourth-order valence-corrected chi connectivity index (χ4v) is 3.28. The monoisotopic (exact) mass is 370 g/mol. The second kappa shape index (κ2) is 8.24. The summed E-state index contributed by atoms with van der Waals surface area (Å²) in [7, 11) is 0. The molecule has 0 N–H and O–H groups in total. The van der Waals surface area contributed by atoms with Gasteiger partial charge in [0.1, 0.15) is 0 Å². The van der Waals surface area contributed by atoms with Gasteiger partial charge in [0, 0.05) is 26.2 Å². The number of nitrogens with zero attached hydrogens (tertiary/aromatic N) is 4. The van der Waals surface area contributed by atoms with Crippen molar-refractivity contribution >= 4 is 12.0 Å². The number of aryl methyl sites for hydroxylation is 1. The molecular weight excluding hydrogens is 344 g/mol. The first-order valence-electron chi connectivity index (χ1n) is 9.40. The van der Waals surface area contributed by atoms with Crippen LogP contribution in [0.2, 0.25) is 0 Å². The lowest BCUT2D eigenvalue weighted by atomic mass is 10.1. The third-order valence-electron chi connectivity index (χ3n) is 4.81. The van der Waals surface area contributed by atoms with E-state index in [9.17, 15) is 9.59 Å². The Balaban J connectivity index is 1.74. The molecule has 3 rings (SSSR count). The molecule has 0 aliphatic carbocycles. The molecule has 0 saturated carbocycles. The summed E-state index contributed by atoms with van der Waals surface area (Å²) in [6.07, 6.45) is 2.04. The van der Waals surface area contributed by atoms with E-state index < -0.39 is 0 Å². The second-order valence-electron chi connectivity index (χ2n) is 6.58. The smallest absolute Gasteiger partial charge is 0.409 e. The minimum Gasteiger partial charge on any atom is -0.450 e. The molecule has 1 aliphatic heterocycles. The fourth-order valence-electron chi connectivity index (χ4n) is 3.28. The first-order valence-corrected chi connectivity index (χ1v) is 9.40. The predicted molar refractivity (Wildman–Crippen MR) is 102 cm³/mol. The van der Waals surface area contributed by atoms with Crippen LogP contribution >= 0.6 is 0 Å². The summed E-state index contributed by atoms with van der Waals surface area (Å²) in [5.74, 6) is -0.0336. The SMILES string of the molecule is CCOC(=O)N1CCN(C(=O)c2cnn(-c3ccc(C)cc3)c2CC)CC1. The van der Waals surface area contributed by atoms with E-state index in [4.69, 9.17) is 4.74 Å². The van der Waals surface area contributed by atoms with E-state index in [2.05, 4.69) is 5.10 Å². The van der Waals surface area contributed by atoms with Gasteiger partial charge in [-0.05, 0) is 32.4 Å². The Morgan fingerprint density at radius 1 is 1.04 bits per heavy atom. The van der Waals surface area contributed by atoms with Gasteiger partial charge in [-0.25, -0.2) is 9.48 Å². The van der Waals surface area contributed by atoms with Crippen LogP contribution in [-0.4, -0.2) is 64.4 Å². The topological polar surface area (TPSA) is 67.7 Å². The molecule has 27 heavy (non-hydrogen) atoms. The zero-order valence-corrected chi connectivity index (χ0v) is 16.1. The van der Waals surface area contributed by atoms with E-state index in [1.807, 2.05) is 42.8 Å². The van der Waals surface area contributed by atoms with Crippen molar-refractivity contribution < 1.29 is 14.3 Å². The van der Waals surface area contributed by atoms with Crippen molar-refractivity contribution in [2.75, 3.05) is 32.8 Å². The molecule has 7 nitrogen and oxygen atoms in total. The highest BCUT2D eigenvalue weighted by Crippen LogP contribution is 2.19. The average Bonchev–Trinajstić information content (AvgIpc) is 3.12. The van der Waals surface area contributed by atoms with Gasteiger partial charge in [-0.1, -0.05) is 24.6 Å². The van der Waals surface area contributed by atoms with Crippen LogP contribution in [0.4, 0.5) is 4.79 Å². The summed E-state index contributed by atoms with van der Waals surface area (Å²) in [5, 5.41) is 4.45. The number of hydrogen-bond acceptors (Lipinski definition) is 4. The number of hydrogen-bond donors (Lipinski definition) is 0. The number of rotatable bonds is 4. The Labute approximate surface area is 159 Å². The lowest BCUT2D eigenvalue weighted by Gasteiger charge is -2.34. The van der Waals surface area contributed by atoms with E-state index in [1.165, 1.54) is 5.56 Å². The standard InChI is InChI=1S/C20H26N4O3/c1-4-18-17(14-21-24(18)16-8-6-15(3)7-9-16)19(25)22-10-12-23(13-11-22)20(26)27-5-2/h6-9,14H,4-5,10-13H2,1-3H3. The van der Waals surface area contributed by atoms with Crippen LogP contribution in [0.25, 0.3) is 5.69 Å². The van der Waals surface area contributed by atoms with Crippen molar-refractivity contribution in [3.05, 3.63) is 47.3 Å². The van der Waals surface area contributed by atoms with Gasteiger partial charge in [0.25, 0.3) is 5.91 Å². The Morgan fingerprint density at radius 3 is 2.26 bits per heavy atom. The number of benzene rings is 1. The molecule has 7 heteroatoms. The molecule has 144 valence electrons. The number of aromatic nitrogens is 2. The Morgan fingerprint density at radius 2 is 1.67 bits per heavy atom. The average molecular weight is 370 g/mol. The molecule has 1 aromatic heterocycles. The molecule has 1 saturated heterocycles. The van der Waals surface area contributed by atoms with E-state index in [0.29, 0.717) is 44.8 Å². The lowest BCUT2D eigenvalue weighted by Crippen LogP contribution is -2.50. The van der Waals surface area contributed by atoms with Gasteiger partial charge in [0.2, 0.25) is 0 Å². The highest BCUT2D eigenvalue weighted by Gasteiger charge is 2.28. The Bertz CT molecular complexity index is 805. The molecule has 0 atom stereocenters. The number of carbonyl (C=O) groups is 2. The Kier molecular flexibility index (Phi) is 5.78. The first kappa shape index (κ1) is 18.9. The molecule has 2 heterocycles. The van der Waals surface area contributed by atoms with E-state index >= 15 is 0 Å². The van der Waals surface area contributed by atoms with Gasteiger partial charge in [-0.3, -0.25) is 4.79 Å². The van der Waals surface area contributed by atoms with Gasteiger partial charge >= 0.3 is 6.09 Å². The molecule has 2 aromatic rings. The molecule has 0 spiro atoms. The maximum Gasteiger partial charge on any atom is 0.409 e. The fraction of sp³-hybridized carbons (Fsp3) is 0.450. The molecule has 2 amide bonds. The number of piperazine rings is 1. The van der Waals surface area contributed by atoms with Crippen molar-refractivity contribution in [3.63, 3.8) is 0 Å². The van der Waals surface area contributed by atoms with E-state index in [0.717, 1.165) is 11.4 Å². The van der Waals surface area contributed by atoms with Crippen LogP contribution < -0.4 is 0 Å². The zero-order valence-electron chi connectivity index (χ0n) is 16.1. The third kappa shape index (κ3) is 3.97. The van der Waals surface area contributed by atoms with Gasteiger partial charge in [-0.15, -0.1) is 0 Å². The van der Waals surface area contributed by atoms with Crippen LogP contribution in [0.5, 0.6) is 0 Å². The van der Waals surface area contributed by atoms with Crippen molar-refractivity contribution in [2.45, 2.75) is 27.2 Å². The first-order chi connectivity index (χ1) is 13.0. The van der Waals surface area contributed by atoms with Crippen LogP contribution in [0.1, 0.15) is 35.5 Å².